The van der Waals surface area contributed by atoms with Crippen LogP contribution in [0.5, 0.6) is 0 Å². The highest BCUT2D eigenvalue weighted by molar-refractivity contribution is 9.10. The number of rotatable bonds is 2. The van der Waals surface area contributed by atoms with Gasteiger partial charge in [0.05, 0.1) is 9.79 Å². The van der Waals surface area contributed by atoms with Gasteiger partial charge in [0.2, 0.25) is 9.84 Å². The average Bonchev–Trinajstić information content (AvgIpc) is 2.33. The van der Waals surface area contributed by atoms with E-state index in [4.69, 9.17) is 5.73 Å². The van der Waals surface area contributed by atoms with Crippen LogP contribution in [0.2, 0.25) is 0 Å². The van der Waals surface area contributed by atoms with Crippen LogP contribution in [0.1, 0.15) is 0 Å². The number of sulfone groups is 1. The van der Waals surface area contributed by atoms with Gasteiger partial charge < -0.3 is 5.73 Å². The van der Waals surface area contributed by atoms with Gasteiger partial charge in [0.25, 0.3) is 0 Å². The van der Waals surface area contributed by atoms with Crippen LogP contribution in [0.3, 0.4) is 0 Å². The quantitative estimate of drug-likeness (QED) is 0.917. The molecule has 0 saturated carbocycles. The van der Waals surface area contributed by atoms with Crippen molar-refractivity contribution in [2.45, 2.75) is 9.79 Å². The molecule has 1 heterocycles. The van der Waals surface area contributed by atoms with Gasteiger partial charge in [-0.25, -0.2) is 17.8 Å². The van der Waals surface area contributed by atoms with Crippen LogP contribution in [0.25, 0.3) is 0 Å². The monoisotopic (exact) mass is 330 g/mol. The lowest BCUT2D eigenvalue weighted by Crippen LogP contribution is -2.05. The maximum Gasteiger partial charge on any atom is 0.208 e. The summed E-state index contributed by atoms with van der Waals surface area (Å²) in [5.74, 6) is -1.18. The zero-order chi connectivity index (χ0) is 13.3. The fourth-order valence-electron chi connectivity index (χ4n) is 1.33. The zero-order valence-electron chi connectivity index (χ0n) is 8.97. The van der Waals surface area contributed by atoms with Crippen molar-refractivity contribution in [3.8, 4) is 0 Å². The van der Waals surface area contributed by atoms with Gasteiger partial charge >= 0.3 is 0 Å². The fraction of sp³-hybridized carbons (Fsp3) is 0. The molecule has 0 fully saturated rings. The molecule has 7 heteroatoms. The number of aromatic nitrogens is 1. The first-order valence-corrected chi connectivity index (χ1v) is 7.10. The van der Waals surface area contributed by atoms with Crippen LogP contribution in [0, 0.1) is 5.82 Å². The van der Waals surface area contributed by atoms with Crippen LogP contribution in [-0.2, 0) is 9.84 Å². The Kier molecular flexibility index (Phi) is 3.36. The van der Waals surface area contributed by atoms with Crippen molar-refractivity contribution in [3.05, 3.63) is 46.8 Å². The molecule has 1 aromatic heterocycles. The molecule has 0 radical (unpaired) electrons. The van der Waals surface area contributed by atoms with Crippen molar-refractivity contribution in [2.24, 2.45) is 0 Å². The summed E-state index contributed by atoms with van der Waals surface area (Å²) in [6, 6.07) is 6.89. The van der Waals surface area contributed by atoms with Crippen LogP contribution in [0.15, 0.2) is 50.8 Å². The van der Waals surface area contributed by atoms with Crippen molar-refractivity contribution in [1.82, 2.24) is 4.98 Å². The molecule has 18 heavy (non-hydrogen) atoms. The van der Waals surface area contributed by atoms with E-state index in [1.165, 1.54) is 12.1 Å². The second kappa shape index (κ2) is 4.66. The number of pyridine rings is 1. The fourth-order valence-corrected chi connectivity index (χ4v) is 2.81. The summed E-state index contributed by atoms with van der Waals surface area (Å²) < 4.78 is 38.3. The number of nitrogen functional groups attached to an aromatic ring is 1. The van der Waals surface area contributed by atoms with Crippen molar-refractivity contribution < 1.29 is 12.8 Å². The minimum Gasteiger partial charge on any atom is -0.381 e. The Bertz CT molecular complexity index is 687. The average molecular weight is 331 g/mol. The minimum atomic E-state index is -3.77. The van der Waals surface area contributed by atoms with Crippen molar-refractivity contribution in [3.63, 3.8) is 0 Å². The summed E-state index contributed by atoms with van der Waals surface area (Å²) in [4.78, 5) is 3.34. The first-order chi connectivity index (χ1) is 8.41. The molecule has 2 rings (SSSR count). The lowest BCUT2D eigenvalue weighted by atomic mass is 10.4. The molecule has 0 bridgehead atoms. The van der Waals surface area contributed by atoms with Crippen molar-refractivity contribution in [2.75, 3.05) is 5.73 Å². The number of halogens is 2. The molecule has 0 aliphatic rings. The Balaban J connectivity index is 2.54. The molecule has 0 aliphatic carbocycles. The van der Waals surface area contributed by atoms with Gasteiger partial charge in [-0.05, 0) is 30.3 Å². The Morgan fingerprint density at radius 1 is 1.17 bits per heavy atom. The Labute approximate surface area is 112 Å². The van der Waals surface area contributed by atoms with E-state index >= 15 is 0 Å². The number of nitrogens with two attached hydrogens (primary N) is 1. The highest BCUT2D eigenvalue weighted by Crippen LogP contribution is 2.23. The molecule has 0 atom stereocenters. The van der Waals surface area contributed by atoms with Gasteiger partial charge in [0, 0.05) is 10.7 Å². The first kappa shape index (κ1) is 13.0. The van der Waals surface area contributed by atoms with Crippen molar-refractivity contribution in [1.29, 1.82) is 0 Å². The van der Waals surface area contributed by atoms with Crippen LogP contribution in [0.4, 0.5) is 10.2 Å². The molecule has 2 N–H and O–H groups in total. The normalized spacial score (nSPS) is 11.4. The number of benzene rings is 1. The second-order valence-electron chi connectivity index (χ2n) is 3.50. The maximum absolute atomic E-state index is 13.2. The van der Waals surface area contributed by atoms with E-state index in [-0.39, 0.29) is 15.6 Å². The van der Waals surface area contributed by atoms with E-state index in [2.05, 4.69) is 20.9 Å². The molecule has 0 aliphatic heterocycles. The Hall–Kier alpha value is -1.47. The number of anilines is 1. The third kappa shape index (κ3) is 2.37. The molecule has 1 aromatic carbocycles. The van der Waals surface area contributed by atoms with E-state index in [0.717, 1.165) is 16.7 Å². The summed E-state index contributed by atoms with van der Waals surface area (Å²) in [5, 5.41) is 0. The van der Waals surface area contributed by atoms with Gasteiger partial charge in [-0.15, -0.1) is 0 Å². The predicted octanol–water partition coefficient (Wildman–Crippen LogP) is 2.40. The lowest BCUT2D eigenvalue weighted by Gasteiger charge is -2.05. The summed E-state index contributed by atoms with van der Waals surface area (Å²) in [7, 11) is -3.77. The maximum atomic E-state index is 13.2. The van der Waals surface area contributed by atoms with Gasteiger partial charge in [-0.1, -0.05) is 15.9 Å². The van der Waals surface area contributed by atoms with Gasteiger partial charge in [-0.2, -0.15) is 0 Å². The third-order valence-electron chi connectivity index (χ3n) is 2.28. The van der Waals surface area contributed by atoms with Gasteiger partial charge in [0.1, 0.15) is 0 Å². The van der Waals surface area contributed by atoms with E-state index in [1.54, 1.807) is 12.1 Å². The highest BCUT2D eigenvalue weighted by Gasteiger charge is 2.19. The van der Waals surface area contributed by atoms with Crippen molar-refractivity contribution >= 4 is 31.6 Å². The first-order valence-electron chi connectivity index (χ1n) is 4.83. The number of hydrogen-bond acceptors (Lipinski definition) is 4. The van der Waals surface area contributed by atoms with E-state index < -0.39 is 15.7 Å². The topological polar surface area (TPSA) is 73.0 Å². The molecule has 2 aromatic rings. The summed E-state index contributed by atoms with van der Waals surface area (Å²) in [6.45, 7) is 0. The molecule has 4 nitrogen and oxygen atoms in total. The van der Waals surface area contributed by atoms with Crippen LogP contribution in [-0.4, -0.2) is 13.4 Å². The number of hydrogen-bond donors (Lipinski definition) is 1. The summed E-state index contributed by atoms with van der Waals surface area (Å²) in [6.07, 6.45) is 1.04. The van der Waals surface area contributed by atoms with Gasteiger partial charge in [-0.3, -0.25) is 0 Å². The smallest absolute Gasteiger partial charge is 0.208 e. The Morgan fingerprint density at radius 2 is 1.78 bits per heavy atom. The molecular weight excluding hydrogens is 323 g/mol. The second-order valence-corrected chi connectivity index (χ2v) is 6.36. The third-order valence-corrected chi connectivity index (χ3v) is 4.54. The molecule has 0 spiro atoms. The molecular formula is C11H8BrFN2O2S. The molecule has 0 saturated heterocycles. The Morgan fingerprint density at radius 3 is 2.33 bits per heavy atom. The zero-order valence-corrected chi connectivity index (χ0v) is 11.4. The van der Waals surface area contributed by atoms with E-state index in [0.29, 0.717) is 0 Å². The predicted molar refractivity (Wildman–Crippen MR) is 68.2 cm³/mol. The highest BCUT2D eigenvalue weighted by atomic mass is 79.9. The van der Waals surface area contributed by atoms with E-state index in [9.17, 15) is 12.8 Å². The summed E-state index contributed by atoms with van der Waals surface area (Å²) in [5.41, 5.74) is 5.20. The largest absolute Gasteiger partial charge is 0.381 e. The molecule has 94 valence electrons. The standard InChI is InChI=1S/C11H8BrFN2O2S/c12-7-1-3-8(4-2-7)18(16,17)9-5-10(13)11(14)15-6-9/h1-6H,(H2,14,15). The summed E-state index contributed by atoms with van der Waals surface area (Å²) >= 11 is 3.21. The van der Waals surface area contributed by atoms with Crippen LogP contribution < -0.4 is 5.73 Å². The minimum absolute atomic E-state index is 0.0664. The SMILES string of the molecule is Nc1ncc(S(=O)(=O)c2ccc(Br)cc2)cc1F. The lowest BCUT2D eigenvalue weighted by molar-refractivity contribution is 0.589. The number of nitrogens with zero attached hydrogens (tertiary/aromatic N) is 1. The van der Waals surface area contributed by atoms with E-state index in [1.807, 2.05) is 0 Å². The van der Waals surface area contributed by atoms with Gasteiger partial charge in [0.15, 0.2) is 11.6 Å². The van der Waals surface area contributed by atoms with Crippen LogP contribution >= 0.6 is 15.9 Å². The molecule has 0 unspecified atom stereocenters. The molecule has 0 amide bonds.